The van der Waals surface area contributed by atoms with Crippen LogP contribution in [0, 0.1) is 12.7 Å². The molecule has 5 nitrogen and oxygen atoms in total. The first kappa shape index (κ1) is 13.3. The van der Waals surface area contributed by atoms with Gasteiger partial charge < -0.3 is 4.98 Å². The summed E-state index contributed by atoms with van der Waals surface area (Å²) in [4.78, 5) is 13.6. The zero-order valence-corrected chi connectivity index (χ0v) is 10.8. The molecule has 2 N–H and O–H groups in total. The number of nitrogens with one attached hydrogen (secondary N) is 2. The Morgan fingerprint density at radius 3 is 2.68 bits per heavy atom. The minimum Gasteiger partial charge on any atom is -0.366 e. The highest BCUT2D eigenvalue weighted by Gasteiger charge is 2.19. The van der Waals surface area contributed by atoms with Crippen LogP contribution in [-0.4, -0.2) is 13.4 Å². The molecule has 0 amide bonds. The maximum absolute atomic E-state index is 13.3. The molecule has 0 spiro atoms. The predicted octanol–water partition coefficient (Wildman–Crippen LogP) is 1.62. The number of pyridine rings is 1. The lowest BCUT2D eigenvalue weighted by molar-refractivity contribution is 0.599. The fourth-order valence-electron chi connectivity index (χ4n) is 1.53. The highest BCUT2D eigenvalue weighted by molar-refractivity contribution is 7.92. The Kier molecular flexibility index (Phi) is 3.39. The van der Waals surface area contributed by atoms with Gasteiger partial charge in [0.05, 0.1) is 5.69 Å². The number of hydrogen-bond donors (Lipinski definition) is 2. The van der Waals surface area contributed by atoms with Crippen molar-refractivity contribution in [1.29, 1.82) is 0 Å². The second-order valence-corrected chi connectivity index (χ2v) is 5.54. The molecule has 0 aliphatic heterocycles. The van der Waals surface area contributed by atoms with E-state index in [-0.39, 0.29) is 11.3 Å². The van der Waals surface area contributed by atoms with Gasteiger partial charge in [0.1, 0.15) is 5.82 Å². The summed E-state index contributed by atoms with van der Waals surface area (Å²) >= 11 is 0. The number of H-pyrrole nitrogens is 1. The van der Waals surface area contributed by atoms with Gasteiger partial charge in [-0.15, -0.1) is 0 Å². The number of aromatic nitrogens is 1. The Morgan fingerprint density at radius 1 is 1.26 bits per heavy atom. The first-order valence-electron chi connectivity index (χ1n) is 5.37. The zero-order chi connectivity index (χ0) is 14.0. The molecule has 7 heteroatoms. The van der Waals surface area contributed by atoms with E-state index in [0.717, 1.165) is 12.3 Å². The molecule has 0 saturated carbocycles. The summed E-state index contributed by atoms with van der Waals surface area (Å²) in [6, 6.07) is 5.14. The van der Waals surface area contributed by atoms with Crippen LogP contribution in [0.2, 0.25) is 0 Å². The fourth-order valence-corrected chi connectivity index (χ4v) is 2.71. The molecule has 0 unspecified atom stereocenters. The normalized spacial score (nSPS) is 11.3. The van der Waals surface area contributed by atoms with Crippen LogP contribution in [0.3, 0.4) is 0 Å². The minimum absolute atomic E-state index is 0.100. The van der Waals surface area contributed by atoms with Crippen molar-refractivity contribution in [3.8, 4) is 0 Å². The topological polar surface area (TPSA) is 79.0 Å². The average molecular weight is 282 g/mol. The molecule has 1 aromatic heterocycles. The summed E-state index contributed by atoms with van der Waals surface area (Å²) in [6.07, 6.45) is 2.41. The fraction of sp³-hybridized carbons (Fsp3) is 0.0833. The highest BCUT2D eigenvalue weighted by Crippen LogP contribution is 2.20. The zero-order valence-electron chi connectivity index (χ0n) is 9.98. The second-order valence-electron chi connectivity index (χ2n) is 3.89. The SMILES string of the molecule is Cc1c(F)cccc1NS(=O)(=O)c1c[nH]ccc1=O. The van der Waals surface area contributed by atoms with Gasteiger partial charge in [0.15, 0.2) is 4.90 Å². The van der Waals surface area contributed by atoms with Gasteiger partial charge in [0.25, 0.3) is 10.0 Å². The number of halogens is 1. The van der Waals surface area contributed by atoms with E-state index in [1.807, 2.05) is 0 Å². The molecule has 0 fully saturated rings. The van der Waals surface area contributed by atoms with E-state index in [1.54, 1.807) is 0 Å². The van der Waals surface area contributed by atoms with Crippen LogP contribution >= 0.6 is 0 Å². The molecule has 0 aliphatic rings. The summed E-state index contributed by atoms with van der Waals surface area (Å²) < 4.78 is 39.6. The molecular weight excluding hydrogens is 271 g/mol. The Hall–Kier alpha value is -2.15. The molecular formula is C12H11FN2O3S. The Bertz CT molecular complexity index is 769. The predicted molar refractivity (Wildman–Crippen MR) is 69.0 cm³/mol. The van der Waals surface area contributed by atoms with Crippen LogP contribution in [0.25, 0.3) is 0 Å². The number of sulfonamides is 1. The number of rotatable bonds is 3. The molecule has 0 saturated heterocycles. The van der Waals surface area contributed by atoms with Gasteiger partial charge in [0.2, 0.25) is 5.43 Å². The summed E-state index contributed by atoms with van der Waals surface area (Å²) in [5, 5.41) is 0. The summed E-state index contributed by atoms with van der Waals surface area (Å²) in [5.74, 6) is -0.526. The standard InChI is InChI=1S/C12H11FN2O3S/c1-8-9(13)3-2-4-10(8)15-19(17,18)12-7-14-6-5-11(12)16/h2-7,15H,1H3,(H,14,16). The van der Waals surface area contributed by atoms with Gasteiger partial charge in [0, 0.05) is 24.0 Å². The van der Waals surface area contributed by atoms with Crippen molar-refractivity contribution in [3.05, 3.63) is 58.3 Å². The smallest absolute Gasteiger partial charge is 0.267 e. The van der Waals surface area contributed by atoms with Crippen molar-refractivity contribution in [2.45, 2.75) is 11.8 Å². The van der Waals surface area contributed by atoms with Crippen LogP contribution in [0.5, 0.6) is 0 Å². The van der Waals surface area contributed by atoms with Crippen molar-refractivity contribution in [2.24, 2.45) is 0 Å². The van der Waals surface area contributed by atoms with Gasteiger partial charge in [-0.2, -0.15) is 0 Å². The Morgan fingerprint density at radius 2 is 2.00 bits per heavy atom. The quantitative estimate of drug-likeness (QED) is 0.898. The lowest BCUT2D eigenvalue weighted by Crippen LogP contribution is -2.21. The maximum Gasteiger partial charge on any atom is 0.267 e. The van der Waals surface area contributed by atoms with E-state index in [1.165, 1.54) is 31.3 Å². The van der Waals surface area contributed by atoms with Gasteiger partial charge in [-0.05, 0) is 19.1 Å². The van der Waals surface area contributed by atoms with Crippen molar-refractivity contribution in [2.75, 3.05) is 4.72 Å². The summed E-state index contributed by atoms with van der Waals surface area (Å²) in [6.45, 7) is 1.45. The van der Waals surface area contributed by atoms with E-state index >= 15 is 0 Å². The third kappa shape index (κ3) is 2.65. The van der Waals surface area contributed by atoms with Crippen molar-refractivity contribution in [3.63, 3.8) is 0 Å². The van der Waals surface area contributed by atoms with Crippen LogP contribution in [-0.2, 0) is 10.0 Å². The number of anilines is 1. The lowest BCUT2D eigenvalue weighted by Gasteiger charge is -2.10. The third-order valence-electron chi connectivity index (χ3n) is 2.59. The van der Waals surface area contributed by atoms with Crippen LogP contribution in [0.1, 0.15) is 5.56 Å². The molecule has 100 valence electrons. The first-order valence-corrected chi connectivity index (χ1v) is 6.85. The Balaban J connectivity index is 2.46. The van der Waals surface area contributed by atoms with E-state index in [0.29, 0.717) is 0 Å². The maximum atomic E-state index is 13.3. The lowest BCUT2D eigenvalue weighted by atomic mass is 10.2. The first-order chi connectivity index (χ1) is 8.92. The van der Waals surface area contributed by atoms with Crippen LogP contribution < -0.4 is 10.2 Å². The highest BCUT2D eigenvalue weighted by atomic mass is 32.2. The largest absolute Gasteiger partial charge is 0.366 e. The molecule has 0 aliphatic carbocycles. The molecule has 0 radical (unpaired) electrons. The van der Waals surface area contributed by atoms with Crippen LogP contribution in [0.4, 0.5) is 10.1 Å². The molecule has 2 aromatic rings. The van der Waals surface area contributed by atoms with Gasteiger partial charge in [-0.25, -0.2) is 12.8 Å². The number of benzene rings is 1. The monoisotopic (exact) mass is 282 g/mol. The molecule has 19 heavy (non-hydrogen) atoms. The second kappa shape index (κ2) is 4.85. The summed E-state index contributed by atoms with van der Waals surface area (Å²) in [5.41, 5.74) is -0.373. The van der Waals surface area contributed by atoms with Gasteiger partial charge >= 0.3 is 0 Å². The van der Waals surface area contributed by atoms with Crippen LogP contribution in [0.15, 0.2) is 46.3 Å². The average Bonchev–Trinajstić information content (AvgIpc) is 2.35. The van der Waals surface area contributed by atoms with E-state index in [9.17, 15) is 17.6 Å². The van der Waals surface area contributed by atoms with E-state index in [2.05, 4.69) is 9.71 Å². The summed E-state index contributed by atoms with van der Waals surface area (Å²) in [7, 11) is -4.04. The van der Waals surface area contributed by atoms with Gasteiger partial charge in [-0.1, -0.05) is 6.07 Å². The van der Waals surface area contributed by atoms with E-state index in [4.69, 9.17) is 0 Å². The third-order valence-corrected chi connectivity index (χ3v) is 3.98. The molecule has 0 bridgehead atoms. The van der Waals surface area contributed by atoms with Crippen molar-refractivity contribution < 1.29 is 12.8 Å². The Labute approximate surface area is 109 Å². The molecule has 1 heterocycles. The number of hydrogen-bond acceptors (Lipinski definition) is 3. The molecule has 0 atom stereocenters. The minimum atomic E-state index is -4.04. The van der Waals surface area contributed by atoms with Crippen molar-refractivity contribution in [1.82, 2.24) is 4.98 Å². The van der Waals surface area contributed by atoms with Gasteiger partial charge in [-0.3, -0.25) is 9.52 Å². The molecule has 2 rings (SSSR count). The molecule has 1 aromatic carbocycles. The number of aromatic amines is 1. The van der Waals surface area contributed by atoms with Crippen molar-refractivity contribution >= 4 is 15.7 Å². The van der Waals surface area contributed by atoms with E-state index < -0.39 is 26.2 Å².